The van der Waals surface area contributed by atoms with E-state index in [1.165, 1.54) is 25.7 Å². The van der Waals surface area contributed by atoms with E-state index in [1.54, 1.807) is 0 Å². The molecule has 2 rings (SSSR count). The molecular weight excluding hydrogens is 298 g/mol. The molecule has 1 aliphatic rings. The molecule has 3 heteroatoms. The molecule has 1 aromatic carbocycles. The van der Waals surface area contributed by atoms with Crippen LogP contribution < -0.4 is 5.32 Å². The highest BCUT2D eigenvalue weighted by atomic mass is 79.9. The maximum absolute atomic E-state index is 6.18. The van der Waals surface area contributed by atoms with Gasteiger partial charge < -0.3 is 5.32 Å². The Bertz CT molecular complexity index is 405. The minimum absolute atomic E-state index is 0.607. The van der Waals surface area contributed by atoms with Crippen molar-refractivity contribution in [2.75, 3.05) is 5.32 Å². The molecule has 17 heavy (non-hydrogen) atoms. The fraction of sp³-hybridized carbons (Fsp3) is 0.571. The molecule has 0 amide bonds. The summed E-state index contributed by atoms with van der Waals surface area (Å²) in [5.41, 5.74) is 2.24. The largest absolute Gasteiger partial charge is 0.381 e. The number of benzene rings is 1. The van der Waals surface area contributed by atoms with Crippen LogP contribution in [0.3, 0.4) is 0 Å². The van der Waals surface area contributed by atoms with Gasteiger partial charge in [-0.05, 0) is 59.3 Å². The first-order chi connectivity index (χ1) is 8.11. The van der Waals surface area contributed by atoms with Gasteiger partial charge in [0.15, 0.2) is 0 Å². The number of aryl methyl sites for hydroxylation is 1. The standard InChI is InChI=1S/C14H19BrClN/c1-3-10-5-4-6-13(10)17-14-8-12(16)9(2)7-11(14)15/h7-8,10,13,17H,3-6H2,1-2H3. The molecule has 1 fully saturated rings. The summed E-state index contributed by atoms with van der Waals surface area (Å²) < 4.78 is 1.11. The van der Waals surface area contributed by atoms with E-state index in [9.17, 15) is 0 Å². The van der Waals surface area contributed by atoms with E-state index in [1.807, 2.05) is 13.0 Å². The molecule has 1 N–H and O–H groups in total. The monoisotopic (exact) mass is 315 g/mol. The smallest absolute Gasteiger partial charge is 0.0502 e. The highest BCUT2D eigenvalue weighted by molar-refractivity contribution is 9.10. The van der Waals surface area contributed by atoms with Crippen molar-refractivity contribution in [1.82, 2.24) is 0 Å². The first-order valence-corrected chi connectivity index (χ1v) is 7.51. The van der Waals surface area contributed by atoms with Gasteiger partial charge in [0.2, 0.25) is 0 Å². The Morgan fingerprint density at radius 1 is 1.41 bits per heavy atom. The first-order valence-electron chi connectivity index (χ1n) is 6.34. The van der Waals surface area contributed by atoms with Crippen molar-refractivity contribution in [1.29, 1.82) is 0 Å². The highest BCUT2D eigenvalue weighted by Crippen LogP contribution is 2.35. The molecule has 94 valence electrons. The summed E-state index contributed by atoms with van der Waals surface area (Å²) in [6.07, 6.45) is 5.23. The number of anilines is 1. The van der Waals surface area contributed by atoms with Crippen LogP contribution in [0.2, 0.25) is 5.02 Å². The molecule has 1 nitrogen and oxygen atoms in total. The zero-order chi connectivity index (χ0) is 12.4. The number of hydrogen-bond acceptors (Lipinski definition) is 1. The molecule has 0 heterocycles. The van der Waals surface area contributed by atoms with Gasteiger partial charge in [0.1, 0.15) is 0 Å². The van der Waals surface area contributed by atoms with Gasteiger partial charge in [-0.25, -0.2) is 0 Å². The fourth-order valence-electron chi connectivity index (χ4n) is 2.67. The number of hydrogen-bond donors (Lipinski definition) is 1. The fourth-order valence-corrected chi connectivity index (χ4v) is 3.41. The molecule has 0 saturated heterocycles. The minimum Gasteiger partial charge on any atom is -0.381 e. The number of rotatable bonds is 3. The van der Waals surface area contributed by atoms with Gasteiger partial charge in [-0.1, -0.05) is 31.4 Å². The molecule has 0 aromatic heterocycles. The SMILES string of the molecule is CCC1CCCC1Nc1cc(Cl)c(C)cc1Br. The normalized spacial score (nSPS) is 24.0. The van der Waals surface area contributed by atoms with Crippen LogP contribution in [0.4, 0.5) is 5.69 Å². The number of nitrogens with one attached hydrogen (secondary N) is 1. The van der Waals surface area contributed by atoms with E-state index in [4.69, 9.17) is 11.6 Å². The van der Waals surface area contributed by atoms with Gasteiger partial charge in [0.05, 0.1) is 5.69 Å². The van der Waals surface area contributed by atoms with Gasteiger partial charge in [0.25, 0.3) is 0 Å². The van der Waals surface area contributed by atoms with Crippen LogP contribution in [0.25, 0.3) is 0 Å². The summed E-state index contributed by atoms with van der Waals surface area (Å²) in [4.78, 5) is 0. The first kappa shape index (κ1) is 13.2. The average Bonchev–Trinajstić information content (AvgIpc) is 2.73. The van der Waals surface area contributed by atoms with E-state index < -0.39 is 0 Å². The van der Waals surface area contributed by atoms with E-state index in [2.05, 4.69) is 34.2 Å². The van der Waals surface area contributed by atoms with Gasteiger partial charge in [-0.2, -0.15) is 0 Å². The van der Waals surface area contributed by atoms with Crippen molar-refractivity contribution in [3.05, 3.63) is 27.2 Å². The molecule has 1 aliphatic carbocycles. The Hall–Kier alpha value is -0.210. The van der Waals surface area contributed by atoms with Crippen LogP contribution in [0.1, 0.15) is 38.2 Å². The van der Waals surface area contributed by atoms with E-state index in [-0.39, 0.29) is 0 Å². The lowest BCUT2D eigenvalue weighted by Gasteiger charge is -2.22. The summed E-state index contributed by atoms with van der Waals surface area (Å²) in [6, 6.07) is 4.72. The van der Waals surface area contributed by atoms with Crippen molar-refractivity contribution in [2.24, 2.45) is 5.92 Å². The zero-order valence-electron chi connectivity index (χ0n) is 10.4. The predicted octanol–water partition coefficient (Wildman–Crippen LogP) is 5.40. The molecule has 2 atom stereocenters. The summed E-state index contributed by atoms with van der Waals surface area (Å²) in [6.45, 7) is 4.31. The second kappa shape index (κ2) is 5.62. The average molecular weight is 317 g/mol. The second-order valence-corrected chi connectivity index (χ2v) is 6.19. The van der Waals surface area contributed by atoms with Crippen LogP contribution in [-0.2, 0) is 0 Å². The van der Waals surface area contributed by atoms with Crippen LogP contribution in [0.15, 0.2) is 16.6 Å². The molecule has 0 radical (unpaired) electrons. The Labute approximate surface area is 117 Å². The van der Waals surface area contributed by atoms with Crippen molar-refractivity contribution in [3.63, 3.8) is 0 Å². The van der Waals surface area contributed by atoms with E-state index >= 15 is 0 Å². The Balaban J connectivity index is 2.15. The maximum atomic E-state index is 6.18. The summed E-state index contributed by atoms with van der Waals surface area (Å²) in [5.74, 6) is 0.807. The molecule has 2 unspecified atom stereocenters. The lowest BCUT2D eigenvalue weighted by molar-refractivity contribution is 0.489. The zero-order valence-corrected chi connectivity index (χ0v) is 12.7. The van der Waals surface area contributed by atoms with Gasteiger partial charge in [-0.3, -0.25) is 0 Å². The van der Waals surface area contributed by atoms with E-state index in [0.717, 1.165) is 26.7 Å². The quantitative estimate of drug-likeness (QED) is 0.787. The van der Waals surface area contributed by atoms with Crippen molar-refractivity contribution < 1.29 is 0 Å². The third-order valence-corrected chi connectivity index (χ3v) is 4.84. The van der Waals surface area contributed by atoms with Crippen molar-refractivity contribution in [3.8, 4) is 0 Å². The number of halogens is 2. The minimum atomic E-state index is 0.607. The lowest BCUT2D eigenvalue weighted by atomic mass is 10.0. The molecule has 1 aromatic rings. The molecule has 0 spiro atoms. The van der Waals surface area contributed by atoms with Gasteiger partial charge in [0, 0.05) is 15.5 Å². The topological polar surface area (TPSA) is 12.0 Å². The maximum Gasteiger partial charge on any atom is 0.0502 e. The Morgan fingerprint density at radius 2 is 2.18 bits per heavy atom. The van der Waals surface area contributed by atoms with Crippen LogP contribution in [-0.4, -0.2) is 6.04 Å². The molecule has 1 saturated carbocycles. The van der Waals surface area contributed by atoms with E-state index in [0.29, 0.717) is 6.04 Å². The summed E-state index contributed by atoms with van der Waals surface area (Å²) in [7, 11) is 0. The molecular formula is C14H19BrClN. The Kier molecular flexibility index (Phi) is 4.37. The van der Waals surface area contributed by atoms with Gasteiger partial charge >= 0.3 is 0 Å². The third-order valence-electron chi connectivity index (χ3n) is 3.77. The predicted molar refractivity (Wildman–Crippen MR) is 78.9 cm³/mol. The highest BCUT2D eigenvalue weighted by Gasteiger charge is 2.25. The van der Waals surface area contributed by atoms with Crippen LogP contribution in [0.5, 0.6) is 0 Å². The van der Waals surface area contributed by atoms with Crippen molar-refractivity contribution in [2.45, 2.75) is 45.6 Å². The van der Waals surface area contributed by atoms with Crippen LogP contribution >= 0.6 is 27.5 Å². The molecule has 0 aliphatic heterocycles. The summed E-state index contributed by atoms with van der Waals surface area (Å²) in [5, 5.41) is 4.48. The Morgan fingerprint density at radius 3 is 2.88 bits per heavy atom. The third kappa shape index (κ3) is 2.97. The lowest BCUT2D eigenvalue weighted by Crippen LogP contribution is -2.23. The van der Waals surface area contributed by atoms with Gasteiger partial charge in [-0.15, -0.1) is 0 Å². The molecule has 0 bridgehead atoms. The van der Waals surface area contributed by atoms with Crippen molar-refractivity contribution >= 4 is 33.2 Å². The summed E-state index contributed by atoms with van der Waals surface area (Å²) >= 11 is 9.79. The second-order valence-electron chi connectivity index (χ2n) is 4.93. The van der Waals surface area contributed by atoms with Crippen LogP contribution in [0, 0.1) is 12.8 Å².